The summed E-state index contributed by atoms with van der Waals surface area (Å²) in [6.07, 6.45) is 4.49. The van der Waals surface area contributed by atoms with Gasteiger partial charge in [0.05, 0.1) is 6.54 Å². The van der Waals surface area contributed by atoms with Crippen molar-refractivity contribution in [2.75, 3.05) is 6.54 Å². The molecule has 3 heterocycles. The average Bonchev–Trinajstić information content (AvgIpc) is 3.20. The number of amides is 1. The van der Waals surface area contributed by atoms with E-state index >= 15 is 0 Å². The van der Waals surface area contributed by atoms with Crippen LogP contribution in [0.4, 0.5) is 0 Å². The summed E-state index contributed by atoms with van der Waals surface area (Å²) < 4.78 is 3.17. The molecular weight excluding hydrogens is 328 g/mol. The molecule has 2 aliphatic rings. The van der Waals surface area contributed by atoms with E-state index in [0.717, 1.165) is 50.0 Å². The molecule has 4 rings (SSSR count). The van der Waals surface area contributed by atoms with Crippen molar-refractivity contribution >= 4 is 5.91 Å². The fourth-order valence-electron chi connectivity index (χ4n) is 4.19. The second kappa shape index (κ2) is 6.74. The lowest BCUT2D eigenvalue weighted by Crippen LogP contribution is -2.43. The number of fused-ring (bicyclic) bond motifs is 1. The number of carbonyl (C=O) groups is 1. The van der Waals surface area contributed by atoms with E-state index in [9.17, 15) is 9.59 Å². The van der Waals surface area contributed by atoms with Gasteiger partial charge in [0, 0.05) is 19.0 Å². The molecule has 0 bridgehead atoms. The Balaban J connectivity index is 1.64. The molecule has 0 saturated carbocycles. The minimum absolute atomic E-state index is 0.0907. The summed E-state index contributed by atoms with van der Waals surface area (Å²) in [6.45, 7) is 5.39. The highest BCUT2D eigenvalue weighted by molar-refractivity contribution is 5.81. The number of benzene rings is 1. The van der Waals surface area contributed by atoms with E-state index < -0.39 is 6.04 Å². The van der Waals surface area contributed by atoms with Crippen LogP contribution in [0.15, 0.2) is 29.1 Å². The first kappa shape index (κ1) is 17.1. The summed E-state index contributed by atoms with van der Waals surface area (Å²) in [7, 11) is 0. The molecule has 1 amide bonds. The van der Waals surface area contributed by atoms with Gasteiger partial charge in [0.2, 0.25) is 5.91 Å². The largest absolute Gasteiger partial charge is 0.346 e. The van der Waals surface area contributed by atoms with Crippen LogP contribution in [0.2, 0.25) is 0 Å². The van der Waals surface area contributed by atoms with Crippen LogP contribution in [0, 0.1) is 6.92 Å². The molecule has 138 valence electrons. The molecule has 26 heavy (non-hydrogen) atoms. The predicted molar refractivity (Wildman–Crippen MR) is 99.2 cm³/mol. The highest BCUT2D eigenvalue weighted by Gasteiger charge is 2.36. The van der Waals surface area contributed by atoms with Gasteiger partial charge in [0.1, 0.15) is 11.9 Å². The molecule has 1 saturated heterocycles. The van der Waals surface area contributed by atoms with Gasteiger partial charge in [-0.05, 0) is 45.1 Å². The Morgan fingerprint density at radius 3 is 2.65 bits per heavy atom. The van der Waals surface area contributed by atoms with E-state index in [-0.39, 0.29) is 17.6 Å². The second-order valence-electron chi connectivity index (χ2n) is 7.64. The first-order chi connectivity index (χ1) is 12.5. The number of nitrogens with zero attached hydrogens (tertiary/aromatic N) is 4. The molecule has 6 heteroatoms. The van der Waals surface area contributed by atoms with Gasteiger partial charge < -0.3 is 4.90 Å². The van der Waals surface area contributed by atoms with Gasteiger partial charge in [-0.2, -0.15) is 5.10 Å². The Morgan fingerprint density at radius 2 is 1.96 bits per heavy atom. The van der Waals surface area contributed by atoms with Crippen molar-refractivity contribution in [2.45, 2.75) is 64.6 Å². The fourth-order valence-corrected chi connectivity index (χ4v) is 4.19. The van der Waals surface area contributed by atoms with Crippen LogP contribution >= 0.6 is 0 Å². The van der Waals surface area contributed by atoms with Crippen molar-refractivity contribution < 1.29 is 4.79 Å². The zero-order valence-corrected chi connectivity index (χ0v) is 15.5. The number of hydrogen-bond donors (Lipinski definition) is 0. The van der Waals surface area contributed by atoms with Gasteiger partial charge in [-0.25, -0.2) is 9.48 Å². The van der Waals surface area contributed by atoms with Crippen LogP contribution in [0.1, 0.15) is 55.6 Å². The lowest BCUT2D eigenvalue weighted by molar-refractivity contribution is -0.136. The standard InChI is InChI=1S/C20H26N4O2/c1-14-8-10-16(11-9-14)13-23-20(26)24-17(6-3-7-18(24)21-23)19(25)22-12-4-5-15(22)2/h8-11,15,17H,3-7,12-13H2,1-2H3/t15-,17-/m0/s1. The second-order valence-corrected chi connectivity index (χ2v) is 7.64. The summed E-state index contributed by atoms with van der Waals surface area (Å²) in [5.41, 5.74) is 2.07. The number of likely N-dealkylation sites (tertiary alicyclic amines) is 1. The Hall–Kier alpha value is -2.37. The average molecular weight is 354 g/mol. The molecule has 2 atom stereocenters. The number of rotatable bonds is 3. The maximum atomic E-state index is 13.1. The summed E-state index contributed by atoms with van der Waals surface area (Å²) in [4.78, 5) is 28.0. The molecule has 1 fully saturated rings. The van der Waals surface area contributed by atoms with Crippen LogP contribution in [0.25, 0.3) is 0 Å². The Kier molecular flexibility index (Phi) is 4.42. The van der Waals surface area contributed by atoms with Crippen LogP contribution < -0.4 is 5.69 Å². The lowest BCUT2D eigenvalue weighted by Gasteiger charge is -2.29. The first-order valence-electron chi connectivity index (χ1n) is 9.59. The Bertz CT molecular complexity index is 865. The van der Waals surface area contributed by atoms with E-state index in [1.807, 2.05) is 36.1 Å². The minimum Gasteiger partial charge on any atom is -0.338 e. The van der Waals surface area contributed by atoms with Crippen molar-refractivity contribution in [2.24, 2.45) is 0 Å². The molecule has 2 aliphatic heterocycles. The maximum Gasteiger partial charge on any atom is 0.346 e. The Labute approximate surface area is 153 Å². The Morgan fingerprint density at radius 1 is 1.19 bits per heavy atom. The summed E-state index contributed by atoms with van der Waals surface area (Å²) in [6, 6.07) is 8.00. The third kappa shape index (κ3) is 2.97. The van der Waals surface area contributed by atoms with Gasteiger partial charge in [0.15, 0.2) is 0 Å². The molecule has 0 N–H and O–H groups in total. The molecular formula is C20H26N4O2. The van der Waals surface area contributed by atoms with Crippen LogP contribution in [-0.4, -0.2) is 37.7 Å². The zero-order valence-electron chi connectivity index (χ0n) is 15.5. The van der Waals surface area contributed by atoms with Gasteiger partial charge in [0.25, 0.3) is 0 Å². The normalized spacial score (nSPS) is 22.5. The third-order valence-corrected chi connectivity index (χ3v) is 5.70. The molecule has 0 radical (unpaired) electrons. The topological polar surface area (TPSA) is 60.1 Å². The van der Waals surface area contributed by atoms with E-state index in [0.29, 0.717) is 6.54 Å². The van der Waals surface area contributed by atoms with Crippen molar-refractivity contribution in [1.29, 1.82) is 0 Å². The molecule has 1 aromatic carbocycles. The van der Waals surface area contributed by atoms with E-state index in [2.05, 4.69) is 12.0 Å². The quantitative estimate of drug-likeness (QED) is 0.850. The molecule has 0 unspecified atom stereocenters. The van der Waals surface area contributed by atoms with Gasteiger partial charge in [-0.1, -0.05) is 29.8 Å². The van der Waals surface area contributed by atoms with Crippen molar-refractivity contribution in [1.82, 2.24) is 19.2 Å². The number of aryl methyl sites for hydroxylation is 2. The third-order valence-electron chi connectivity index (χ3n) is 5.70. The number of carbonyl (C=O) groups excluding carboxylic acids is 1. The summed E-state index contributed by atoms with van der Waals surface area (Å²) >= 11 is 0. The lowest BCUT2D eigenvalue weighted by atomic mass is 10.0. The molecule has 1 aromatic heterocycles. The van der Waals surface area contributed by atoms with Gasteiger partial charge >= 0.3 is 5.69 Å². The van der Waals surface area contributed by atoms with Crippen LogP contribution in [0.5, 0.6) is 0 Å². The van der Waals surface area contributed by atoms with E-state index in [4.69, 9.17) is 0 Å². The SMILES string of the molecule is Cc1ccc(Cn2nc3n(c2=O)[C@H](C(=O)N2CCC[C@@H]2C)CCC3)cc1. The smallest absolute Gasteiger partial charge is 0.338 e. The summed E-state index contributed by atoms with van der Waals surface area (Å²) in [5.74, 6) is 0.839. The van der Waals surface area contributed by atoms with Crippen LogP contribution in [-0.2, 0) is 17.8 Å². The van der Waals surface area contributed by atoms with Crippen LogP contribution in [0.3, 0.4) is 0 Å². The molecule has 6 nitrogen and oxygen atoms in total. The van der Waals surface area contributed by atoms with E-state index in [1.54, 1.807) is 4.57 Å². The number of aromatic nitrogens is 3. The monoisotopic (exact) mass is 354 g/mol. The van der Waals surface area contributed by atoms with Gasteiger partial charge in [-0.3, -0.25) is 9.36 Å². The van der Waals surface area contributed by atoms with E-state index in [1.165, 1.54) is 10.2 Å². The fraction of sp³-hybridized carbons (Fsp3) is 0.550. The summed E-state index contributed by atoms with van der Waals surface area (Å²) in [5, 5.41) is 4.54. The zero-order chi connectivity index (χ0) is 18.3. The molecule has 2 aromatic rings. The minimum atomic E-state index is -0.390. The van der Waals surface area contributed by atoms with Crippen molar-refractivity contribution in [3.63, 3.8) is 0 Å². The van der Waals surface area contributed by atoms with Gasteiger partial charge in [-0.15, -0.1) is 0 Å². The maximum absolute atomic E-state index is 13.1. The van der Waals surface area contributed by atoms with Crippen molar-refractivity contribution in [3.8, 4) is 0 Å². The molecule has 0 aliphatic carbocycles. The predicted octanol–water partition coefficient (Wildman–Crippen LogP) is 2.29. The highest BCUT2D eigenvalue weighted by atomic mass is 16.2. The number of hydrogen-bond acceptors (Lipinski definition) is 3. The first-order valence-corrected chi connectivity index (χ1v) is 9.59. The highest BCUT2D eigenvalue weighted by Crippen LogP contribution is 2.27. The van der Waals surface area contributed by atoms with Crippen molar-refractivity contribution in [3.05, 3.63) is 51.7 Å². The molecule has 0 spiro atoms.